The molecule has 0 atom stereocenters. The third-order valence-electron chi connectivity index (χ3n) is 5.11. The Morgan fingerprint density at radius 1 is 0.517 bits per heavy atom. The number of hydrogen-bond donors (Lipinski definition) is 4. The highest BCUT2D eigenvalue weighted by Crippen LogP contribution is 2.36. The molecule has 3 rings (SSSR count). The van der Waals surface area contributed by atoms with Crippen LogP contribution in [0.5, 0.6) is 0 Å². The van der Waals surface area contributed by atoms with Crippen molar-refractivity contribution >= 4 is 0 Å². The minimum Gasteiger partial charge on any atom is -0.329 e. The van der Waals surface area contributed by atoms with E-state index in [2.05, 4.69) is 107 Å². The molecule has 152 valence electrons. The summed E-state index contributed by atoms with van der Waals surface area (Å²) in [5.41, 5.74) is 8.83. The Kier molecular flexibility index (Phi) is 8.40. The van der Waals surface area contributed by atoms with E-state index in [4.69, 9.17) is 5.73 Å². The van der Waals surface area contributed by atoms with E-state index in [1.165, 1.54) is 16.7 Å². The summed E-state index contributed by atoms with van der Waals surface area (Å²) in [4.78, 5) is 0. The van der Waals surface area contributed by atoms with E-state index in [1.54, 1.807) is 0 Å². The van der Waals surface area contributed by atoms with Gasteiger partial charge in [0, 0.05) is 39.3 Å². The highest BCUT2D eigenvalue weighted by molar-refractivity contribution is 5.49. The van der Waals surface area contributed by atoms with Crippen molar-refractivity contribution in [1.29, 1.82) is 0 Å². The van der Waals surface area contributed by atoms with Crippen LogP contribution in [0.25, 0.3) is 0 Å². The molecule has 0 saturated heterocycles. The van der Waals surface area contributed by atoms with Gasteiger partial charge in [-0.3, -0.25) is 5.32 Å². The van der Waals surface area contributed by atoms with Gasteiger partial charge in [-0.1, -0.05) is 91.0 Å². The van der Waals surface area contributed by atoms with Gasteiger partial charge in [-0.25, -0.2) is 0 Å². The topological polar surface area (TPSA) is 62.1 Å². The maximum Gasteiger partial charge on any atom is 0.0948 e. The van der Waals surface area contributed by atoms with Crippen molar-refractivity contribution in [2.24, 2.45) is 5.73 Å². The lowest BCUT2D eigenvalue weighted by atomic mass is 9.77. The van der Waals surface area contributed by atoms with Gasteiger partial charge in [0.2, 0.25) is 0 Å². The summed E-state index contributed by atoms with van der Waals surface area (Å²) >= 11 is 0. The normalized spacial score (nSPS) is 11.5. The average Bonchev–Trinajstić information content (AvgIpc) is 2.80. The molecule has 0 aliphatic heterocycles. The molecule has 0 unspecified atom stereocenters. The van der Waals surface area contributed by atoms with Crippen LogP contribution in [0.1, 0.15) is 16.7 Å². The third-order valence-corrected chi connectivity index (χ3v) is 5.11. The molecule has 0 spiro atoms. The average molecular weight is 389 g/mol. The molecule has 0 aliphatic rings. The third kappa shape index (κ3) is 5.52. The van der Waals surface area contributed by atoms with Crippen molar-refractivity contribution in [3.63, 3.8) is 0 Å². The summed E-state index contributed by atoms with van der Waals surface area (Å²) in [6.45, 7) is 5.12. The van der Waals surface area contributed by atoms with Crippen molar-refractivity contribution in [3.8, 4) is 0 Å². The molecule has 3 aromatic carbocycles. The Morgan fingerprint density at radius 2 is 0.897 bits per heavy atom. The highest BCUT2D eigenvalue weighted by Gasteiger charge is 2.35. The van der Waals surface area contributed by atoms with Gasteiger partial charge in [-0.15, -0.1) is 0 Å². The molecule has 0 aromatic heterocycles. The lowest BCUT2D eigenvalue weighted by Crippen LogP contribution is -2.47. The zero-order chi connectivity index (χ0) is 20.2. The van der Waals surface area contributed by atoms with Gasteiger partial charge in [0.05, 0.1) is 5.54 Å². The first kappa shape index (κ1) is 21.2. The molecule has 0 amide bonds. The van der Waals surface area contributed by atoms with Gasteiger partial charge in [-0.2, -0.15) is 0 Å². The van der Waals surface area contributed by atoms with Gasteiger partial charge < -0.3 is 16.4 Å². The maximum atomic E-state index is 5.51. The number of rotatable bonds is 12. The van der Waals surface area contributed by atoms with Crippen LogP contribution in [-0.2, 0) is 5.54 Å². The van der Waals surface area contributed by atoms with Crippen molar-refractivity contribution in [2.45, 2.75) is 5.54 Å². The molecule has 4 nitrogen and oxygen atoms in total. The van der Waals surface area contributed by atoms with Crippen molar-refractivity contribution in [1.82, 2.24) is 16.0 Å². The van der Waals surface area contributed by atoms with Crippen molar-refractivity contribution in [3.05, 3.63) is 108 Å². The Morgan fingerprint density at radius 3 is 1.31 bits per heavy atom. The van der Waals surface area contributed by atoms with E-state index in [9.17, 15) is 0 Å². The number of nitrogens with two attached hydrogens (primary N) is 1. The smallest absolute Gasteiger partial charge is 0.0948 e. The summed E-state index contributed by atoms with van der Waals surface area (Å²) in [5, 5.41) is 10.7. The molecule has 0 saturated carbocycles. The standard InChI is InChI=1S/C25H32N4/c26-16-17-27-18-19-28-20-21-29-25(22-10-4-1-5-11-22,23-12-6-2-7-13-23)24-14-8-3-9-15-24/h1-15,27-29H,16-21,26H2. The van der Waals surface area contributed by atoms with E-state index in [1.807, 2.05) is 0 Å². The summed E-state index contributed by atoms with van der Waals surface area (Å²) < 4.78 is 0. The van der Waals surface area contributed by atoms with E-state index < -0.39 is 5.54 Å². The predicted molar refractivity (Wildman–Crippen MR) is 122 cm³/mol. The molecule has 3 aromatic rings. The van der Waals surface area contributed by atoms with Crippen molar-refractivity contribution < 1.29 is 0 Å². The summed E-state index contributed by atoms with van der Waals surface area (Å²) in [6.07, 6.45) is 0. The van der Waals surface area contributed by atoms with Crippen LogP contribution < -0.4 is 21.7 Å². The molecule has 0 radical (unpaired) electrons. The molecule has 0 fully saturated rings. The van der Waals surface area contributed by atoms with Crippen LogP contribution in [0.15, 0.2) is 91.0 Å². The molecule has 4 heteroatoms. The fourth-order valence-electron chi connectivity index (χ4n) is 3.74. The maximum absolute atomic E-state index is 5.51. The first-order valence-electron chi connectivity index (χ1n) is 10.4. The Labute approximate surface area is 174 Å². The second kappa shape index (κ2) is 11.5. The van der Waals surface area contributed by atoms with Gasteiger partial charge in [0.1, 0.15) is 0 Å². The number of benzene rings is 3. The first-order chi connectivity index (χ1) is 14.4. The van der Waals surface area contributed by atoms with Gasteiger partial charge in [-0.05, 0) is 16.7 Å². The van der Waals surface area contributed by atoms with Gasteiger partial charge in [0.25, 0.3) is 0 Å². The fraction of sp³-hybridized carbons (Fsp3) is 0.280. The highest BCUT2D eigenvalue weighted by atomic mass is 15.0. The van der Waals surface area contributed by atoms with Gasteiger partial charge >= 0.3 is 0 Å². The Bertz CT molecular complexity index is 709. The molecule has 5 N–H and O–H groups in total. The zero-order valence-electron chi connectivity index (χ0n) is 17.0. The second-order valence-corrected chi connectivity index (χ2v) is 7.06. The molecule has 0 bridgehead atoms. The summed E-state index contributed by atoms with van der Waals surface area (Å²) in [6, 6.07) is 32.1. The summed E-state index contributed by atoms with van der Waals surface area (Å²) in [7, 11) is 0. The quantitative estimate of drug-likeness (QED) is 0.285. The van der Waals surface area contributed by atoms with Crippen molar-refractivity contribution in [2.75, 3.05) is 39.3 Å². The van der Waals surface area contributed by atoms with Crippen LogP contribution in [0.3, 0.4) is 0 Å². The molecule has 0 aliphatic carbocycles. The zero-order valence-corrected chi connectivity index (χ0v) is 17.0. The fourth-order valence-corrected chi connectivity index (χ4v) is 3.74. The molecule has 29 heavy (non-hydrogen) atoms. The first-order valence-corrected chi connectivity index (χ1v) is 10.4. The van der Waals surface area contributed by atoms with E-state index >= 15 is 0 Å². The van der Waals surface area contributed by atoms with Crippen LogP contribution in [0.2, 0.25) is 0 Å². The number of hydrogen-bond acceptors (Lipinski definition) is 4. The Balaban J connectivity index is 1.83. The van der Waals surface area contributed by atoms with E-state index in [0.29, 0.717) is 6.54 Å². The molecular weight excluding hydrogens is 356 g/mol. The monoisotopic (exact) mass is 388 g/mol. The van der Waals surface area contributed by atoms with Gasteiger partial charge in [0.15, 0.2) is 0 Å². The predicted octanol–water partition coefficient (Wildman–Crippen LogP) is 2.71. The minimum atomic E-state index is -0.400. The Hall–Kier alpha value is -2.50. The largest absolute Gasteiger partial charge is 0.329 e. The van der Waals surface area contributed by atoms with E-state index in [-0.39, 0.29) is 0 Å². The number of nitrogens with one attached hydrogen (secondary N) is 3. The summed E-state index contributed by atoms with van der Waals surface area (Å²) in [5.74, 6) is 0. The lowest BCUT2D eigenvalue weighted by molar-refractivity contribution is 0.462. The van der Waals surface area contributed by atoms with Crippen LogP contribution in [0.4, 0.5) is 0 Å². The minimum absolute atomic E-state index is 0.400. The van der Waals surface area contributed by atoms with E-state index in [0.717, 1.165) is 32.7 Å². The van der Waals surface area contributed by atoms with Crippen LogP contribution in [-0.4, -0.2) is 39.3 Å². The SMILES string of the molecule is NCCNCCNCCNC(c1ccccc1)(c1ccccc1)c1ccccc1. The van der Waals surface area contributed by atoms with Crippen LogP contribution in [0, 0.1) is 0 Å². The lowest BCUT2D eigenvalue weighted by Gasteiger charge is -2.37. The molecular formula is C25H32N4. The molecule has 0 heterocycles. The van der Waals surface area contributed by atoms with Crippen LogP contribution >= 0.6 is 0 Å². The second-order valence-electron chi connectivity index (χ2n) is 7.06.